The van der Waals surface area contributed by atoms with Crippen molar-refractivity contribution < 1.29 is 14.3 Å². The highest BCUT2D eigenvalue weighted by molar-refractivity contribution is 5.87. The Labute approximate surface area is 188 Å². The summed E-state index contributed by atoms with van der Waals surface area (Å²) >= 11 is 0. The first kappa shape index (κ1) is 21.9. The smallest absolute Gasteiger partial charge is 0.328 e. The number of para-hydroxylation sites is 2. The number of methoxy groups -OCH3 is 1. The van der Waals surface area contributed by atoms with Gasteiger partial charge in [-0.1, -0.05) is 36.4 Å². The van der Waals surface area contributed by atoms with E-state index >= 15 is 0 Å². The second kappa shape index (κ2) is 10.3. The number of nitrogens with one attached hydrogen (secondary N) is 3. The number of likely N-dealkylation sites (tertiary alicyclic amines) is 1. The zero-order chi connectivity index (χ0) is 22.3. The average molecular weight is 435 g/mol. The molecular weight excluding hydrogens is 404 g/mol. The van der Waals surface area contributed by atoms with Crippen LogP contribution in [0.4, 0.5) is 5.69 Å². The number of aromatic nitrogens is 1. The molecule has 0 bridgehead atoms. The lowest BCUT2D eigenvalue weighted by atomic mass is 10.0. The number of carbonyl (C=O) groups is 2. The molecule has 4 rings (SSSR count). The minimum atomic E-state index is -0.719. The second-order valence-corrected chi connectivity index (χ2v) is 8.27. The molecule has 3 aromatic rings. The van der Waals surface area contributed by atoms with Gasteiger partial charge in [-0.3, -0.25) is 9.69 Å². The van der Waals surface area contributed by atoms with Crippen molar-refractivity contribution in [2.24, 2.45) is 0 Å². The Hall–Kier alpha value is -3.32. The average Bonchev–Trinajstić information content (AvgIpc) is 3.23. The van der Waals surface area contributed by atoms with Crippen LogP contribution in [0.1, 0.15) is 18.4 Å². The van der Waals surface area contributed by atoms with E-state index < -0.39 is 12.0 Å². The molecule has 32 heavy (non-hydrogen) atoms. The summed E-state index contributed by atoms with van der Waals surface area (Å²) in [5.74, 6) is -0.593. The Bertz CT molecular complexity index is 1040. The minimum Gasteiger partial charge on any atom is -0.467 e. The monoisotopic (exact) mass is 434 g/mol. The molecule has 7 heteroatoms. The number of fused-ring (bicyclic) bond motifs is 1. The van der Waals surface area contributed by atoms with Crippen molar-refractivity contribution in [3.05, 3.63) is 66.4 Å². The van der Waals surface area contributed by atoms with E-state index in [4.69, 9.17) is 4.74 Å². The molecule has 1 aliphatic rings. The number of piperidine rings is 1. The van der Waals surface area contributed by atoms with Gasteiger partial charge in [-0.15, -0.1) is 0 Å². The molecule has 3 N–H and O–H groups in total. The summed E-state index contributed by atoms with van der Waals surface area (Å²) in [5.41, 5.74) is 3.11. The van der Waals surface area contributed by atoms with Crippen LogP contribution in [0.3, 0.4) is 0 Å². The van der Waals surface area contributed by atoms with E-state index in [9.17, 15) is 9.59 Å². The molecule has 1 unspecified atom stereocenters. The van der Waals surface area contributed by atoms with Crippen molar-refractivity contribution in [2.45, 2.75) is 31.3 Å². The van der Waals surface area contributed by atoms with Crippen molar-refractivity contribution >= 4 is 28.5 Å². The largest absolute Gasteiger partial charge is 0.467 e. The van der Waals surface area contributed by atoms with Gasteiger partial charge in [0.2, 0.25) is 5.91 Å². The molecule has 1 atom stereocenters. The molecular formula is C25H30N4O3. The molecule has 1 aliphatic heterocycles. The molecule has 0 spiro atoms. The van der Waals surface area contributed by atoms with Gasteiger partial charge in [0.25, 0.3) is 0 Å². The van der Waals surface area contributed by atoms with Crippen LogP contribution in [0.15, 0.2) is 60.8 Å². The van der Waals surface area contributed by atoms with Crippen LogP contribution in [-0.2, 0) is 20.7 Å². The van der Waals surface area contributed by atoms with Crippen molar-refractivity contribution in [2.75, 3.05) is 32.1 Å². The Balaban J connectivity index is 1.30. The topological polar surface area (TPSA) is 86.5 Å². The van der Waals surface area contributed by atoms with Gasteiger partial charge in [0.1, 0.15) is 6.04 Å². The Morgan fingerprint density at radius 1 is 1.09 bits per heavy atom. The van der Waals surface area contributed by atoms with Crippen molar-refractivity contribution in [1.82, 2.24) is 15.2 Å². The SMILES string of the molecule is COC(=O)C(Cc1c[nH]c2ccccc12)NC(=O)CN1CCC(Nc2ccccc2)CC1. The van der Waals surface area contributed by atoms with Crippen molar-refractivity contribution in [1.29, 1.82) is 0 Å². The molecule has 2 aromatic carbocycles. The normalized spacial score (nSPS) is 15.9. The summed E-state index contributed by atoms with van der Waals surface area (Å²) in [6.07, 6.45) is 4.21. The Kier molecular flexibility index (Phi) is 7.07. The fourth-order valence-corrected chi connectivity index (χ4v) is 4.30. The van der Waals surface area contributed by atoms with E-state index in [1.54, 1.807) is 0 Å². The van der Waals surface area contributed by atoms with Gasteiger partial charge in [-0.25, -0.2) is 4.79 Å². The van der Waals surface area contributed by atoms with E-state index in [0.717, 1.165) is 48.1 Å². The number of hydrogen-bond acceptors (Lipinski definition) is 5. The van der Waals surface area contributed by atoms with E-state index in [2.05, 4.69) is 32.7 Å². The minimum absolute atomic E-state index is 0.158. The molecule has 0 aliphatic carbocycles. The van der Waals surface area contributed by atoms with Crippen LogP contribution in [0.5, 0.6) is 0 Å². The third-order valence-electron chi connectivity index (χ3n) is 6.02. The van der Waals surface area contributed by atoms with E-state index in [-0.39, 0.29) is 12.5 Å². The maximum atomic E-state index is 12.7. The predicted octanol–water partition coefficient (Wildman–Crippen LogP) is 2.94. The molecule has 1 saturated heterocycles. The highest BCUT2D eigenvalue weighted by Crippen LogP contribution is 2.20. The number of nitrogens with zero attached hydrogens (tertiary/aromatic N) is 1. The lowest BCUT2D eigenvalue weighted by Crippen LogP contribution is -2.49. The van der Waals surface area contributed by atoms with Crippen LogP contribution in [0, 0.1) is 0 Å². The van der Waals surface area contributed by atoms with Gasteiger partial charge in [0.05, 0.1) is 13.7 Å². The number of anilines is 1. The summed E-state index contributed by atoms with van der Waals surface area (Å²) in [6.45, 7) is 1.95. The van der Waals surface area contributed by atoms with Gasteiger partial charge in [-0.2, -0.15) is 0 Å². The lowest BCUT2D eigenvalue weighted by molar-refractivity contribution is -0.145. The van der Waals surface area contributed by atoms with Gasteiger partial charge in [0.15, 0.2) is 0 Å². The number of carbonyl (C=O) groups excluding carboxylic acids is 2. The van der Waals surface area contributed by atoms with Crippen molar-refractivity contribution in [3.63, 3.8) is 0 Å². The number of esters is 1. The van der Waals surface area contributed by atoms with Gasteiger partial charge in [0, 0.05) is 48.3 Å². The summed E-state index contributed by atoms with van der Waals surface area (Å²) in [4.78, 5) is 30.4. The van der Waals surface area contributed by atoms with Gasteiger partial charge >= 0.3 is 5.97 Å². The van der Waals surface area contributed by atoms with Crippen LogP contribution in [0.25, 0.3) is 10.9 Å². The third-order valence-corrected chi connectivity index (χ3v) is 6.02. The fraction of sp³-hybridized carbons (Fsp3) is 0.360. The molecule has 0 saturated carbocycles. The standard InChI is InChI=1S/C25H30N4O3/c1-32-25(31)23(15-18-16-26-22-10-6-5-9-21(18)22)28-24(30)17-29-13-11-20(12-14-29)27-19-7-3-2-4-8-19/h2-10,16,20,23,26-27H,11-15,17H2,1H3,(H,28,30). The summed E-state index contributed by atoms with van der Waals surface area (Å²) in [6, 6.07) is 17.8. The van der Waals surface area contributed by atoms with Gasteiger partial charge in [-0.05, 0) is 36.6 Å². The molecule has 1 aromatic heterocycles. The highest BCUT2D eigenvalue weighted by Gasteiger charge is 2.26. The number of rotatable bonds is 8. The molecule has 1 amide bonds. The molecule has 7 nitrogen and oxygen atoms in total. The second-order valence-electron chi connectivity index (χ2n) is 8.27. The maximum absolute atomic E-state index is 12.7. The first-order valence-corrected chi connectivity index (χ1v) is 11.1. The maximum Gasteiger partial charge on any atom is 0.328 e. The summed E-state index contributed by atoms with van der Waals surface area (Å²) in [5, 5.41) is 7.49. The Morgan fingerprint density at radius 2 is 1.81 bits per heavy atom. The van der Waals surface area contributed by atoms with Crippen LogP contribution in [0.2, 0.25) is 0 Å². The van der Waals surface area contributed by atoms with E-state index in [1.807, 2.05) is 48.7 Å². The predicted molar refractivity (Wildman–Crippen MR) is 125 cm³/mol. The first-order valence-electron chi connectivity index (χ1n) is 11.1. The molecule has 0 radical (unpaired) electrons. The quantitative estimate of drug-likeness (QED) is 0.475. The first-order chi connectivity index (χ1) is 15.6. The van der Waals surface area contributed by atoms with Crippen molar-refractivity contribution in [3.8, 4) is 0 Å². The number of amides is 1. The number of benzene rings is 2. The number of H-pyrrole nitrogens is 1. The zero-order valence-electron chi connectivity index (χ0n) is 18.3. The summed E-state index contributed by atoms with van der Waals surface area (Å²) in [7, 11) is 1.35. The molecule has 168 valence electrons. The number of aromatic amines is 1. The van der Waals surface area contributed by atoms with E-state index in [0.29, 0.717) is 12.5 Å². The number of ether oxygens (including phenoxy) is 1. The van der Waals surface area contributed by atoms with Crippen LogP contribution >= 0.6 is 0 Å². The van der Waals surface area contributed by atoms with Gasteiger partial charge < -0.3 is 20.4 Å². The lowest BCUT2D eigenvalue weighted by Gasteiger charge is -2.32. The van der Waals surface area contributed by atoms with Crippen LogP contribution < -0.4 is 10.6 Å². The number of hydrogen-bond donors (Lipinski definition) is 3. The molecule has 1 fully saturated rings. The highest BCUT2D eigenvalue weighted by atomic mass is 16.5. The van der Waals surface area contributed by atoms with Crippen LogP contribution in [-0.4, -0.2) is 60.6 Å². The van der Waals surface area contributed by atoms with E-state index in [1.165, 1.54) is 7.11 Å². The summed E-state index contributed by atoms with van der Waals surface area (Å²) < 4.78 is 4.95. The fourth-order valence-electron chi connectivity index (χ4n) is 4.30. The third kappa shape index (κ3) is 5.48. The molecule has 2 heterocycles. The zero-order valence-corrected chi connectivity index (χ0v) is 18.3. The Morgan fingerprint density at radius 3 is 2.56 bits per heavy atom.